The molecule has 0 radical (unpaired) electrons. The van der Waals surface area contributed by atoms with Crippen LogP contribution in [0.5, 0.6) is 11.5 Å². The largest absolute Gasteiger partial charge is 0.493 e. The second-order valence-corrected chi connectivity index (χ2v) is 9.23. The molecule has 0 saturated heterocycles. The van der Waals surface area contributed by atoms with Gasteiger partial charge in [0.25, 0.3) is 5.56 Å². The van der Waals surface area contributed by atoms with E-state index in [4.69, 9.17) is 14.2 Å². The number of carbonyl (C=O) groups is 2. The SMILES string of the molecule is CCOC(=O)C1=C(C)N=c2s/c(=C\c3ccc(OC(C)=O)c(OC)c3)c(=O)n2[C@H]1c1ccc(C)cc1. The number of hydrogen-bond donors (Lipinski definition) is 0. The standard InChI is InChI=1S/C27H26N2O6S/c1-6-34-26(32)23-16(3)28-27-29(24(23)19-10-7-15(2)8-11-19)25(31)22(36-27)14-18-9-12-20(35-17(4)30)21(13-18)33-5/h7-14,24H,6H2,1-5H3/b22-14-/t24-/m0/s1. The summed E-state index contributed by atoms with van der Waals surface area (Å²) in [5, 5.41) is 0. The van der Waals surface area contributed by atoms with E-state index >= 15 is 0 Å². The first kappa shape index (κ1) is 25.1. The van der Waals surface area contributed by atoms with Crippen LogP contribution in [0, 0.1) is 6.92 Å². The van der Waals surface area contributed by atoms with Gasteiger partial charge in [0.2, 0.25) is 0 Å². The fourth-order valence-electron chi connectivity index (χ4n) is 4.02. The molecule has 0 aliphatic carbocycles. The molecule has 1 aliphatic heterocycles. The lowest BCUT2D eigenvalue weighted by atomic mass is 9.95. The smallest absolute Gasteiger partial charge is 0.338 e. The molecule has 2 aromatic carbocycles. The van der Waals surface area contributed by atoms with Crippen molar-refractivity contribution < 1.29 is 23.8 Å². The predicted octanol–water partition coefficient (Wildman–Crippen LogP) is 3.04. The summed E-state index contributed by atoms with van der Waals surface area (Å²) in [7, 11) is 1.47. The number of ether oxygens (including phenoxy) is 3. The monoisotopic (exact) mass is 506 g/mol. The summed E-state index contributed by atoms with van der Waals surface area (Å²) in [6, 6.07) is 12.1. The second kappa shape index (κ2) is 10.3. The number of carbonyl (C=O) groups excluding carboxylic acids is 2. The third kappa shape index (κ3) is 4.87. The van der Waals surface area contributed by atoms with E-state index < -0.39 is 18.0 Å². The molecule has 3 aromatic rings. The van der Waals surface area contributed by atoms with E-state index in [9.17, 15) is 14.4 Å². The normalized spacial score (nSPS) is 15.2. The third-order valence-electron chi connectivity index (χ3n) is 5.65. The quantitative estimate of drug-likeness (QED) is 0.377. The topological polar surface area (TPSA) is 96.2 Å². The number of fused-ring (bicyclic) bond motifs is 1. The number of thiazole rings is 1. The number of methoxy groups -OCH3 is 1. The summed E-state index contributed by atoms with van der Waals surface area (Å²) in [6.07, 6.45) is 1.72. The molecular weight excluding hydrogens is 480 g/mol. The number of aromatic nitrogens is 1. The molecule has 0 fully saturated rings. The van der Waals surface area contributed by atoms with Crippen LogP contribution in [0.15, 0.2) is 63.5 Å². The maximum Gasteiger partial charge on any atom is 0.338 e. The Bertz CT molecular complexity index is 1550. The molecule has 0 amide bonds. The number of esters is 2. The van der Waals surface area contributed by atoms with Crippen LogP contribution in [-0.4, -0.2) is 30.2 Å². The van der Waals surface area contributed by atoms with Gasteiger partial charge in [-0.1, -0.05) is 47.2 Å². The van der Waals surface area contributed by atoms with E-state index in [1.54, 1.807) is 42.7 Å². The van der Waals surface area contributed by atoms with E-state index in [-0.39, 0.29) is 17.9 Å². The summed E-state index contributed by atoms with van der Waals surface area (Å²) in [5.41, 5.74) is 3.11. The summed E-state index contributed by atoms with van der Waals surface area (Å²) in [6.45, 7) is 6.99. The number of allylic oxidation sites excluding steroid dienone is 1. The molecule has 0 spiro atoms. The molecule has 1 aromatic heterocycles. The average Bonchev–Trinajstić information content (AvgIpc) is 3.13. The second-order valence-electron chi connectivity index (χ2n) is 8.22. The molecule has 0 unspecified atom stereocenters. The predicted molar refractivity (Wildman–Crippen MR) is 136 cm³/mol. The van der Waals surface area contributed by atoms with Crippen molar-refractivity contribution in [2.75, 3.05) is 13.7 Å². The van der Waals surface area contributed by atoms with Crippen LogP contribution in [0.1, 0.15) is 43.5 Å². The lowest BCUT2D eigenvalue weighted by Gasteiger charge is -2.24. The number of rotatable bonds is 6. The van der Waals surface area contributed by atoms with Gasteiger partial charge >= 0.3 is 11.9 Å². The van der Waals surface area contributed by atoms with Crippen molar-refractivity contribution in [3.05, 3.63) is 90.1 Å². The molecule has 8 nitrogen and oxygen atoms in total. The number of aryl methyl sites for hydroxylation is 1. The number of benzene rings is 2. The highest BCUT2D eigenvalue weighted by molar-refractivity contribution is 7.07. The Labute approximate surface area is 211 Å². The Morgan fingerprint density at radius 2 is 1.83 bits per heavy atom. The molecule has 0 saturated carbocycles. The van der Waals surface area contributed by atoms with Crippen LogP contribution in [0.2, 0.25) is 0 Å². The minimum atomic E-state index is -0.663. The molecule has 2 heterocycles. The summed E-state index contributed by atoms with van der Waals surface area (Å²) in [4.78, 5) is 43.0. The maximum absolute atomic E-state index is 13.7. The molecule has 1 aliphatic rings. The molecular formula is C27H26N2O6S. The van der Waals surface area contributed by atoms with Crippen LogP contribution in [0.4, 0.5) is 0 Å². The Morgan fingerprint density at radius 1 is 1.11 bits per heavy atom. The fourth-order valence-corrected chi connectivity index (χ4v) is 5.07. The van der Waals surface area contributed by atoms with E-state index in [0.29, 0.717) is 31.9 Å². The summed E-state index contributed by atoms with van der Waals surface area (Å²) >= 11 is 1.23. The zero-order valence-electron chi connectivity index (χ0n) is 20.7. The van der Waals surface area contributed by atoms with Gasteiger partial charge in [-0.3, -0.25) is 14.2 Å². The van der Waals surface area contributed by atoms with Crippen molar-refractivity contribution >= 4 is 29.4 Å². The van der Waals surface area contributed by atoms with Gasteiger partial charge in [0, 0.05) is 6.92 Å². The molecule has 4 rings (SSSR count). The van der Waals surface area contributed by atoms with Crippen LogP contribution in [0.3, 0.4) is 0 Å². The minimum Gasteiger partial charge on any atom is -0.493 e. The highest BCUT2D eigenvalue weighted by atomic mass is 32.1. The molecule has 0 N–H and O–H groups in total. The first-order valence-corrected chi connectivity index (χ1v) is 12.2. The van der Waals surface area contributed by atoms with Crippen molar-refractivity contribution in [3.63, 3.8) is 0 Å². The molecule has 1 atom stereocenters. The lowest BCUT2D eigenvalue weighted by molar-refractivity contribution is -0.139. The summed E-state index contributed by atoms with van der Waals surface area (Å²) < 4.78 is 17.8. The highest BCUT2D eigenvalue weighted by Crippen LogP contribution is 2.31. The minimum absolute atomic E-state index is 0.214. The van der Waals surface area contributed by atoms with Gasteiger partial charge in [0.15, 0.2) is 16.3 Å². The maximum atomic E-state index is 13.7. The van der Waals surface area contributed by atoms with Crippen molar-refractivity contribution in [2.45, 2.75) is 33.7 Å². The van der Waals surface area contributed by atoms with Gasteiger partial charge in [-0.25, -0.2) is 9.79 Å². The molecule has 9 heteroatoms. The van der Waals surface area contributed by atoms with E-state index in [2.05, 4.69) is 4.99 Å². The lowest BCUT2D eigenvalue weighted by Crippen LogP contribution is -2.39. The Kier molecular flexibility index (Phi) is 7.21. The van der Waals surface area contributed by atoms with Crippen molar-refractivity contribution in [2.24, 2.45) is 4.99 Å². The first-order valence-electron chi connectivity index (χ1n) is 11.4. The summed E-state index contributed by atoms with van der Waals surface area (Å²) in [5.74, 6) is -0.301. The zero-order valence-corrected chi connectivity index (χ0v) is 21.5. The third-order valence-corrected chi connectivity index (χ3v) is 6.63. The van der Waals surface area contributed by atoms with Gasteiger partial charge in [-0.15, -0.1) is 0 Å². The van der Waals surface area contributed by atoms with E-state index in [1.807, 2.05) is 31.2 Å². The molecule has 36 heavy (non-hydrogen) atoms. The van der Waals surface area contributed by atoms with E-state index in [0.717, 1.165) is 11.1 Å². The first-order chi connectivity index (χ1) is 17.2. The van der Waals surface area contributed by atoms with Gasteiger partial charge in [-0.05, 0) is 50.1 Å². The Morgan fingerprint density at radius 3 is 2.47 bits per heavy atom. The Balaban J connectivity index is 1.89. The van der Waals surface area contributed by atoms with Gasteiger partial charge in [0.1, 0.15) is 0 Å². The highest BCUT2D eigenvalue weighted by Gasteiger charge is 2.33. The van der Waals surface area contributed by atoms with E-state index in [1.165, 1.54) is 25.4 Å². The van der Waals surface area contributed by atoms with Crippen LogP contribution < -0.4 is 24.4 Å². The van der Waals surface area contributed by atoms with Crippen LogP contribution in [0.25, 0.3) is 6.08 Å². The number of hydrogen-bond acceptors (Lipinski definition) is 8. The van der Waals surface area contributed by atoms with Crippen LogP contribution >= 0.6 is 11.3 Å². The van der Waals surface area contributed by atoms with Crippen molar-refractivity contribution in [3.8, 4) is 11.5 Å². The zero-order chi connectivity index (χ0) is 26.0. The average molecular weight is 507 g/mol. The van der Waals surface area contributed by atoms with Gasteiger partial charge < -0.3 is 14.2 Å². The molecule has 186 valence electrons. The number of nitrogens with zero attached hydrogens (tertiary/aromatic N) is 2. The Hall–Kier alpha value is -3.98. The van der Waals surface area contributed by atoms with Gasteiger partial charge in [0.05, 0.1) is 35.6 Å². The fraction of sp³-hybridized carbons (Fsp3) is 0.259. The molecule has 0 bridgehead atoms. The van der Waals surface area contributed by atoms with Crippen molar-refractivity contribution in [1.82, 2.24) is 4.57 Å². The van der Waals surface area contributed by atoms with Crippen molar-refractivity contribution in [1.29, 1.82) is 0 Å². The van der Waals surface area contributed by atoms with Crippen LogP contribution in [-0.2, 0) is 14.3 Å². The van der Waals surface area contributed by atoms with Gasteiger partial charge in [-0.2, -0.15) is 0 Å².